The molecule has 0 aliphatic heterocycles. The van der Waals surface area contributed by atoms with Crippen LogP contribution in [0.5, 0.6) is 0 Å². The third-order valence-corrected chi connectivity index (χ3v) is 6.15. The molecule has 8 nitrogen and oxygen atoms in total. The fourth-order valence-corrected chi connectivity index (χ4v) is 4.17. The van der Waals surface area contributed by atoms with Crippen LogP contribution in [0, 0.1) is 5.92 Å². The molecule has 0 saturated heterocycles. The summed E-state index contributed by atoms with van der Waals surface area (Å²) < 4.78 is 2.55. The average molecular weight is 520 g/mol. The number of nitrogens with zero attached hydrogens (tertiary/aromatic N) is 3. The molecule has 3 rings (SSSR count). The van der Waals surface area contributed by atoms with E-state index in [2.05, 4.69) is 29.1 Å². The first-order valence-electron chi connectivity index (χ1n) is 11.7. The summed E-state index contributed by atoms with van der Waals surface area (Å²) in [6, 6.07) is 5.47. The van der Waals surface area contributed by atoms with Gasteiger partial charge in [-0.2, -0.15) is 0 Å². The van der Waals surface area contributed by atoms with Crippen molar-refractivity contribution in [3.8, 4) is 0 Å². The zero-order valence-corrected chi connectivity index (χ0v) is 21.7. The highest BCUT2D eigenvalue weighted by atomic mass is 35.5. The highest BCUT2D eigenvalue weighted by Gasteiger charge is 2.13. The number of amides is 1. The Morgan fingerprint density at radius 3 is 2.69 bits per heavy atom. The molecule has 35 heavy (non-hydrogen) atoms. The first kappa shape index (κ1) is 26.8. The van der Waals surface area contributed by atoms with Crippen molar-refractivity contribution < 1.29 is 4.79 Å². The number of nitrogens with one attached hydrogen (secondary N) is 2. The van der Waals surface area contributed by atoms with Crippen LogP contribution in [-0.4, -0.2) is 31.9 Å². The second-order valence-corrected chi connectivity index (χ2v) is 9.95. The van der Waals surface area contributed by atoms with Crippen LogP contribution in [-0.2, 0) is 24.3 Å². The summed E-state index contributed by atoms with van der Waals surface area (Å²) in [5, 5.41) is 3.18. The lowest BCUT2D eigenvalue weighted by atomic mass is 10.0. The monoisotopic (exact) mass is 519 g/mol. The Hall–Kier alpha value is -2.84. The summed E-state index contributed by atoms with van der Waals surface area (Å²) in [5.74, 6) is 0.290. The van der Waals surface area contributed by atoms with E-state index in [1.165, 1.54) is 11.5 Å². The van der Waals surface area contributed by atoms with Crippen molar-refractivity contribution in [1.29, 1.82) is 0 Å². The Balaban J connectivity index is 2.03. The third-order valence-electron chi connectivity index (χ3n) is 5.48. The fourth-order valence-electron chi connectivity index (χ4n) is 3.76. The van der Waals surface area contributed by atoms with Gasteiger partial charge in [0.15, 0.2) is 0 Å². The molecule has 10 heteroatoms. The van der Waals surface area contributed by atoms with Crippen molar-refractivity contribution in [3.05, 3.63) is 79.2 Å². The Kier molecular flexibility index (Phi) is 9.34. The van der Waals surface area contributed by atoms with Gasteiger partial charge in [0.25, 0.3) is 0 Å². The van der Waals surface area contributed by atoms with Crippen molar-refractivity contribution in [2.75, 3.05) is 6.54 Å². The number of allylic oxidation sites excluding steroid dienone is 4. The van der Waals surface area contributed by atoms with Gasteiger partial charge in [-0.3, -0.25) is 14.3 Å². The smallest absolute Gasteiger partial charge is 0.335 e. The van der Waals surface area contributed by atoms with Gasteiger partial charge >= 0.3 is 11.4 Å². The van der Waals surface area contributed by atoms with Gasteiger partial charge in [-0.15, -0.1) is 11.6 Å². The molecule has 1 aromatic heterocycles. The highest BCUT2D eigenvalue weighted by molar-refractivity contribution is 6.31. The molecule has 1 aliphatic rings. The van der Waals surface area contributed by atoms with Gasteiger partial charge in [0.2, 0.25) is 11.5 Å². The summed E-state index contributed by atoms with van der Waals surface area (Å²) in [6.45, 7) is 6.40. The molecular weight excluding hydrogens is 489 g/mol. The molecule has 1 heterocycles. The van der Waals surface area contributed by atoms with Gasteiger partial charge in [-0.25, -0.2) is 19.1 Å². The largest absolute Gasteiger partial charge is 0.356 e. The molecule has 0 saturated carbocycles. The quantitative estimate of drug-likeness (QED) is 0.391. The zero-order chi connectivity index (χ0) is 25.5. The predicted molar refractivity (Wildman–Crippen MR) is 139 cm³/mol. The Morgan fingerprint density at radius 2 is 2.06 bits per heavy atom. The molecule has 1 aromatic carbocycles. The Labute approximate surface area is 214 Å². The van der Waals surface area contributed by atoms with Gasteiger partial charge in [0.1, 0.15) is 0 Å². The van der Waals surface area contributed by atoms with Crippen LogP contribution in [0.2, 0.25) is 5.02 Å². The van der Waals surface area contributed by atoms with Crippen LogP contribution in [0.25, 0.3) is 0 Å². The summed E-state index contributed by atoms with van der Waals surface area (Å²) in [7, 11) is 0. The number of carbonyl (C=O) groups excluding carboxylic acids is 1. The lowest BCUT2D eigenvalue weighted by molar-refractivity contribution is -0.118. The molecule has 0 radical (unpaired) electrons. The topological polar surface area (TPSA) is 101 Å². The minimum absolute atomic E-state index is 0.0829. The standard InChI is InChI=1S/C25H31Cl2N5O3/c1-16(2)13-19-7-10-21(14-22(19)27)29-23-30-24(34)31(12-4-11-28-17(3)33)25(35)32(23)15-18-5-8-20(26)9-6-18/h5-8,10,14,16,20H,4,9,11-13,15H2,1-3H3,(H,28,33)(H,29,30,34). The molecule has 0 spiro atoms. The van der Waals surface area contributed by atoms with Crippen molar-refractivity contribution >= 4 is 34.8 Å². The molecule has 2 N–H and O–H groups in total. The highest BCUT2D eigenvalue weighted by Crippen LogP contribution is 2.24. The van der Waals surface area contributed by atoms with Crippen LogP contribution in [0.3, 0.4) is 0 Å². The molecule has 1 amide bonds. The average Bonchev–Trinajstić information content (AvgIpc) is 2.78. The van der Waals surface area contributed by atoms with Crippen LogP contribution >= 0.6 is 23.2 Å². The number of aromatic nitrogens is 3. The lowest BCUT2D eigenvalue weighted by Gasteiger charge is -2.14. The number of aromatic amines is 1. The minimum Gasteiger partial charge on any atom is -0.356 e. The van der Waals surface area contributed by atoms with Crippen LogP contribution < -0.4 is 22.3 Å². The van der Waals surface area contributed by atoms with Crippen molar-refractivity contribution in [2.45, 2.75) is 58.5 Å². The van der Waals surface area contributed by atoms with Crippen LogP contribution in [0.15, 0.2) is 56.6 Å². The molecule has 0 fully saturated rings. The van der Waals surface area contributed by atoms with E-state index < -0.39 is 11.4 Å². The fraction of sp³-hybridized carbons (Fsp3) is 0.440. The van der Waals surface area contributed by atoms with E-state index in [9.17, 15) is 14.4 Å². The number of H-pyrrole nitrogens is 1. The number of hydrogen-bond donors (Lipinski definition) is 2. The first-order chi connectivity index (χ1) is 16.6. The number of benzene rings is 1. The molecule has 1 aliphatic carbocycles. The third kappa shape index (κ3) is 7.57. The van der Waals surface area contributed by atoms with Gasteiger partial charge in [-0.05, 0) is 48.4 Å². The zero-order valence-electron chi connectivity index (χ0n) is 20.2. The van der Waals surface area contributed by atoms with E-state index in [1.54, 1.807) is 6.07 Å². The molecule has 1 unspecified atom stereocenters. The second kappa shape index (κ2) is 12.2. The molecule has 188 valence electrons. The second-order valence-electron chi connectivity index (χ2n) is 8.99. The Morgan fingerprint density at radius 1 is 1.29 bits per heavy atom. The van der Waals surface area contributed by atoms with Crippen LogP contribution in [0.4, 0.5) is 5.69 Å². The lowest BCUT2D eigenvalue weighted by Crippen LogP contribution is -2.50. The minimum atomic E-state index is -0.565. The summed E-state index contributed by atoms with van der Waals surface area (Å²) in [5.41, 5.74) is 1.52. The van der Waals surface area contributed by atoms with Gasteiger partial charge in [0, 0.05) is 25.0 Å². The van der Waals surface area contributed by atoms with Crippen molar-refractivity contribution in [2.24, 2.45) is 10.9 Å². The molecule has 2 aromatic rings. The Bertz CT molecular complexity index is 1320. The number of halogens is 2. The number of carbonyl (C=O) groups is 1. The maximum atomic E-state index is 13.4. The van der Waals surface area contributed by atoms with E-state index in [0.717, 1.165) is 22.1 Å². The van der Waals surface area contributed by atoms with Gasteiger partial charge in [0.05, 0.1) is 17.6 Å². The van der Waals surface area contributed by atoms with Gasteiger partial charge < -0.3 is 5.32 Å². The summed E-state index contributed by atoms with van der Waals surface area (Å²) in [6.07, 6.45) is 7.65. The first-order valence-corrected chi connectivity index (χ1v) is 12.5. The number of rotatable bonds is 9. The number of hydrogen-bond acceptors (Lipinski definition) is 4. The SMILES string of the molecule is CC(=O)NCCCn1c(=O)[nH]/c(=N\c2ccc(CC(C)C)c(Cl)c2)n(CC2=CCC(Cl)C=C2)c1=O. The maximum Gasteiger partial charge on any atom is 0.335 e. The van der Waals surface area contributed by atoms with Crippen molar-refractivity contribution in [1.82, 2.24) is 19.4 Å². The van der Waals surface area contributed by atoms with Gasteiger partial charge in [-0.1, -0.05) is 49.7 Å². The van der Waals surface area contributed by atoms with E-state index >= 15 is 0 Å². The van der Waals surface area contributed by atoms with Crippen molar-refractivity contribution in [3.63, 3.8) is 0 Å². The molecular formula is C25H31Cl2N5O3. The van der Waals surface area contributed by atoms with E-state index in [1.807, 2.05) is 30.4 Å². The van der Waals surface area contributed by atoms with E-state index in [-0.39, 0.29) is 30.0 Å². The predicted octanol–water partition coefficient (Wildman–Crippen LogP) is 3.44. The van der Waals surface area contributed by atoms with Crippen LogP contribution in [0.1, 0.15) is 39.2 Å². The van der Waals surface area contributed by atoms with E-state index in [4.69, 9.17) is 23.2 Å². The summed E-state index contributed by atoms with van der Waals surface area (Å²) >= 11 is 12.6. The molecule has 1 atom stereocenters. The normalized spacial score (nSPS) is 16.0. The maximum absolute atomic E-state index is 13.4. The van der Waals surface area contributed by atoms with E-state index in [0.29, 0.717) is 36.0 Å². The number of alkyl halides is 1. The summed E-state index contributed by atoms with van der Waals surface area (Å²) in [4.78, 5) is 44.6. The molecule has 0 bridgehead atoms.